The predicted octanol–water partition coefficient (Wildman–Crippen LogP) is -0.792. The van der Waals surface area contributed by atoms with Gasteiger partial charge in [0.2, 0.25) is 0 Å². The summed E-state index contributed by atoms with van der Waals surface area (Å²) in [4.78, 5) is 2.43. The van der Waals surface area contributed by atoms with Gasteiger partial charge in [-0.3, -0.25) is 0 Å². The van der Waals surface area contributed by atoms with E-state index in [1.807, 2.05) is 0 Å². The molecule has 1 aromatic heterocycles. The number of H-pyrrole nitrogens is 1. The smallest absolute Gasteiger partial charge is 0.178 e. The van der Waals surface area contributed by atoms with E-state index in [2.05, 4.69) is 37.8 Å². The lowest BCUT2D eigenvalue weighted by molar-refractivity contribution is 0.228. The van der Waals surface area contributed by atoms with Gasteiger partial charge in [0.25, 0.3) is 0 Å². The molecule has 0 radical (unpaired) electrons. The predicted molar refractivity (Wildman–Crippen MR) is 51.9 cm³/mol. The van der Waals surface area contributed by atoms with Crippen molar-refractivity contribution < 1.29 is 0 Å². The molecule has 2 rings (SSSR count). The maximum absolute atomic E-state index is 3.99. The van der Waals surface area contributed by atoms with Crippen molar-refractivity contribution in [2.45, 2.75) is 12.8 Å². The van der Waals surface area contributed by atoms with E-state index in [1.165, 1.54) is 0 Å². The molecule has 0 bridgehead atoms. The Bertz CT molecular complexity index is 253. The lowest BCUT2D eigenvalue weighted by Gasteiger charge is -2.28. The molecule has 0 amide bonds. The summed E-state index contributed by atoms with van der Waals surface area (Å²) >= 11 is 0. The van der Waals surface area contributed by atoms with Gasteiger partial charge in [-0.2, -0.15) is 5.21 Å². The normalized spacial score (nSPS) is 20.9. The van der Waals surface area contributed by atoms with Crippen LogP contribution in [0.15, 0.2) is 0 Å². The van der Waals surface area contributed by atoms with Crippen LogP contribution in [0.3, 0.4) is 0 Å². The highest BCUT2D eigenvalue weighted by Crippen LogP contribution is 2.10. The highest BCUT2D eigenvalue weighted by atomic mass is 15.5. The van der Waals surface area contributed by atoms with Gasteiger partial charge in [0.15, 0.2) is 5.82 Å². The highest BCUT2D eigenvalue weighted by Gasteiger charge is 2.16. The zero-order valence-corrected chi connectivity index (χ0v) is 8.40. The average Bonchev–Trinajstić information content (AvgIpc) is 2.72. The fraction of sp³-hybridized carbons (Fsp3) is 0.875. The molecule has 1 unspecified atom stereocenters. The van der Waals surface area contributed by atoms with Crippen molar-refractivity contribution in [1.82, 2.24) is 30.8 Å². The third-order valence-corrected chi connectivity index (χ3v) is 2.54. The molecule has 2 N–H and O–H groups in total. The number of hydrogen-bond donors (Lipinski definition) is 2. The van der Waals surface area contributed by atoms with Gasteiger partial charge in [0.05, 0.1) is 0 Å². The van der Waals surface area contributed by atoms with Gasteiger partial charge < -0.3 is 10.2 Å². The van der Waals surface area contributed by atoms with Crippen LogP contribution in [-0.2, 0) is 0 Å². The number of piperazine rings is 1. The summed E-state index contributed by atoms with van der Waals surface area (Å²) in [7, 11) is 0. The molecule has 0 spiro atoms. The maximum atomic E-state index is 3.99. The van der Waals surface area contributed by atoms with Crippen LogP contribution in [0.4, 0.5) is 0 Å². The lowest BCUT2D eigenvalue weighted by Crippen LogP contribution is -2.44. The number of rotatable bonds is 3. The second-order valence-corrected chi connectivity index (χ2v) is 3.72. The zero-order valence-electron chi connectivity index (χ0n) is 8.40. The molecule has 0 aliphatic carbocycles. The van der Waals surface area contributed by atoms with E-state index in [-0.39, 0.29) is 0 Å². The molecule has 1 aromatic rings. The summed E-state index contributed by atoms with van der Waals surface area (Å²) in [5.41, 5.74) is 0. The highest BCUT2D eigenvalue weighted by molar-refractivity contribution is 4.90. The third-order valence-electron chi connectivity index (χ3n) is 2.54. The molecule has 1 aliphatic heterocycles. The van der Waals surface area contributed by atoms with Gasteiger partial charge >= 0.3 is 0 Å². The molecular weight excluding hydrogens is 180 g/mol. The molecule has 0 saturated carbocycles. The number of nitrogens with zero attached hydrogens (tertiary/aromatic N) is 4. The second-order valence-electron chi connectivity index (χ2n) is 3.72. The second kappa shape index (κ2) is 4.47. The zero-order chi connectivity index (χ0) is 9.80. The van der Waals surface area contributed by atoms with E-state index in [0.717, 1.165) is 38.5 Å². The molecule has 1 aliphatic rings. The minimum absolute atomic E-state index is 0.354. The quantitative estimate of drug-likeness (QED) is 0.663. The first-order valence-electron chi connectivity index (χ1n) is 5.02. The molecule has 1 fully saturated rings. The minimum Gasteiger partial charge on any atom is -0.314 e. The van der Waals surface area contributed by atoms with Crippen LogP contribution in [0.5, 0.6) is 0 Å². The van der Waals surface area contributed by atoms with E-state index < -0.39 is 0 Å². The monoisotopic (exact) mass is 196 g/mol. The number of aromatic nitrogens is 4. The summed E-state index contributed by atoms with van der Waals surface area (Å²) in [6.07, 6.45) is 0. The summed E-state index contributed by atoms with van der Waals surface area (Å²) in [5.74, 6) is 1.16. The van der Waals surface area contributed by atoms with Crippen LogP contribution in [0.25, 0.3) is 0 Å². The molecule has 6 nitrogen and oxygen atoms in total. The Morgan fingerprint density at radius 3 is 2.86 bits per heavy atom. The van der Waals surface area contributed by atoms with Crippen LogP contribution in [0, 0.1) is 0 Å². The van der Waals surface area contributed by atoms with Crippen molar-refractivity contribution >= 4 is 0 Å². The number of tetrazole rings is 1. The number of nitrogens with one attached hydrogen (secondary N) is 2. The van der Waals surface area contributed by atoms with Gasteiger partial charge in [-0.15, -0.1) is 10.2 Å². The van der Waals surface area contributed by atoms with Crippen molar-refractivity contribution in [3.63, 3.8) is 0 Å². The fourth-order valence-electron chi connectivity index (χ4n) is 1.74. The first-order chi connectivity index (χ1) is 6.86. The SMILES string of the molecule is CC(CN1CCNCC1)c1nn[nH]n1. The molecular formula is C8H16N6. The van der Waals surface area contributed by atoms with Gasteiger partial charge in [0, 0.05) is 38.6 Å². The third kappa shape index (κ3) is 2.27. The van der Waals surface area contributed by atoms with E-state index >= 15 is 0 Å². The van der Waals surface area contributed by atoms with Crippen LogP contribution in [0.2, 0.25) is 0 Å². The van der Waals surface area contributed by atoms with Crippen LogP contribution >= 0.6 is 0 Å². The van der Waals surface area contributed by atoms with E-state index in [1.54, 1.807) is 0 Å². The van der Waals surface area contributed by atoms with Gasteiger partial charge in [0.1, 0.15) is 0 Å². The van der Waals surface area contributed by atoms with Crippen molar-refractivity contribution in [3.8, 4) is 0 Å². The van der Waals surface area contributed by atoms with Crippen molar-refractivity contribution in [2.24, 2.45) is 0 Å². The Morgan fingerprint density at radius 1 is 1.43 bits per heavy atom. The van der Waals surface area contributed by atoms with E-state index in [9.17, 15) is 0 Å². The van der Waals surface area contributed by atoms with E-state index in [4.69, 9.17) is 0 Å². The summed E-state index contributed by atoms with van der Waals surface area (Å²) in [6, 6.07) is 0. The Balaban J connectivity index is 1.84. The number of aromatic amines is 1. The first-order valence-corrected chi connectivity index (χ1v) is 5.02. The molecule has 1 atom stereocenters. The van der Waals surface area contributed by atoms with E-state index in [0.29, 0.717) is 5.92 Å². The summed E-state index contributed by atoms with van der Waals surface area (Å²) < 4.78 is 0. The Morgan fingerprint density at radius 2 is 2.21 bits per heavy atom. The minimum atomic E-state index is 0.354. The van der Waals surface area contributed by atoms with Crippen molar-refractivity contribution in [1.29, 1.82) is 0 Å². The standard InChI is InChI=1S/C8H16N6/c1-7(8-10-12-13-11-8)6-14-4-2-9-3-5-14/h7,9H,2-6H2,1H3,(H,10,11,12,13). The maximum Gasteiger partial charge on any atom is 0.178 e. The first kappa shape index (κ1) is 9.54. The molecule has 78 valence electrons. The molecule has 14 heavy (non-hydrogen) atoms. The van der Waals surface area contributed by atoms with Crippen molar-refractivity contribution in [3.05, 3.63) is 5.82 Å². The van der Waals surface area contributed by atoms with Gasteiger partial charge in [-0.1, -0.05) is 12.1 Å². The summed E-state index contributed by atoms with van der Waals surface area (Å²) in [6.45, 7) is 7.54. The van der Waals surface area contributed by atoms with Crippen LogP contribution in [0.1, 0.15) is 18.7 Å². The van der Waals surface area contributed by atoms with Crippen LogP contribution in [-0.4, -0.2) is 58.2 Å². The van der Waals surface area contributed by atoms with Gasteiger partial charge in [-0.05, 0) is 0 Å². The fourth-order valence-corrected chi connectivity index (χ4v) is 1.74. The topological polar surface area (TPSA) is 69.7 Å². The Hall–Kier alpha value is -1.01. The van der Waals surface area contributed by atoms with Gasteiger partial charge in [-0.25, -0.2) is 0 Å². The Kier molecular flexibility index (Phi) is 3.05. The van der Waals surface area contributed by atoms with Crippen LogP contribution < -0.4 is 5.32 Å². The molecule has 0 aromatic carbocycles. The number of hydrogen-bond acceptors (Lipinski definition) is 5. The molecule has 6 heteroatoms. The van der Waals surface area contributed by atoms with Crippen molar-refractivity contribution in [2.75, 3.05) is 32.7 Å². The Labute approximate surface area is 83.1 Å². The largest absolute Gasteiger partial charge is 0.314 e. The average molecular weight is 196 g/mol. The molecule has 1 saturated heterocycles. The summed E-state index contributed by atoms with van der Waals surface area (Å²) in [5, 5.41) is 17.4. The lowest BCUT2D eigenvalue weighted by atomic mass is 10.1. The molecule has 2 heterocycles.